The highest BCUT2D eigenvalue weighted by atomic mass is 35.5. The summed E-state index contributed by atoms with van der Waals surface area (Å²) < 4.78 is 67.3. The second kappa shape index (κ2) is 7.92. The molecule has 2 aromatic carbocycles. The lowest BCUT2D eigenvalue weighted by Crippen LogP contribution is -2.35. The molecule has 0 atom stereocenters. The molecule has 1 heterocycles. The first kappa shape index (κ1) is 22.1. The minimum Gasteiger partial charge on any atom is -0.356 e. The Bertz CT molecular complexity index is 1110. The summed E-state index contributed by atoms with van der Waals surface area (Å²) in [7, 11) is 1.25. The summed E-state index contributed by atoms with van der Waals surface area (Å²) in [5.41, 5.74) is -0.976. The van der Waals surface area contributed by atoms with Gasteiger partial charge in [-0.25, -0.2) is 0 Å². The summed E-state index contributed by atoms with van der Waals surface area (Å²) in [6, 6.07) is 11.1. The number of hydrogen-bond acceptors (Lipinski definition) is 1. The van der Waals surface area contributed by atoms with Gasteiger partial charge in [-0.3, -0.25) is 4.79 Å². The van der Waals surface area contributed by atoms with Gasteiger partial charge in [0.05, 0.1) is 21.2 Å². The number of benzene rings is 2. The number of carbonyl (C=O) groups is 1. The Balaban J connectivity index is 2.00. The van der Waals surface area contributed by atoms with E-state index < -0.39 is 29.1 Å². The molecular formula is C20H13Cl2F5N2O. The lowest BCUT2D eigenvalue weighted by atomic mass is 10.0. The summed E-state index contributed by atoms with van der Waals surface area (Å²) in [5.74, 6) is -6.30. The average molecular weight is 463 g/mol. The molecule has 3 aromatic rings. The van der Waals surface area contributed by atoms with Crippen LogP contribution in [0.1, 0.15) is 15.9 Å². The van der Waals surface area contributed by atoms with E-state index in [9.17, 15) is 26.7 Å². The highest BCUT2D eigenvalue weighted by Gasteiger charge is 2.60. The van der Waals surface area contributed by atoms with Crippen LogP contribution in [0.2, 0.25) is 10.0 Å². The fourth-order valence-electron chi connectivity index (χ4n) is 2.86. The van der Waals surface area contributed by atoms with Gasteiger partial charge in [-0.15, -0.1) is 0 Å². The van der Waals surface area contributed by atoms with Crippen LogP contribution >= 0.6 is 23.2 Å². The normalized spacial score (nSPS) is 12.1. The maximum atomic E-state index is 13.9. The summed E-state index contributed by atoms with van der Waals surface area (Å²) in [5, 5.41) is 2.97. The van der Waals surface area contributed by atoms with Gasteiger partial charge in [0, 0.05) is 30.7 Å². The van der Waals surface area contributed by atoms with Gasteiger partial charge in [-0.05, 0) is 23.8 Å². The zero-order valence-corrected chi connectivity index (χ0v) is 16.7. The predicted octanol–water partition coefficient (Wildman–Crippen LogP) is 6.91. The number of anilines is 1. The number of para-hydroxylation sites is 1. The largest absolute Gasteiger partial charge is 0.458 e. The third-order valence-electron chi connectivity index (χ3n) is 4.30. The zero-order valence-electron chi connectivity index (χ0n) is 15.2. The highest BCUT2D eigenvalue weighted by molar-refractivity contribution is 6.42. The Labute approximate surface area is 178 Å². The van der Waals surface area contributed by atoms with Gasteiger partial charge in [-0.1, -0.05) is 47.5 Å². The molecule has 0 unspecified atom stereocenters. The van der Waals surface area contributed by atoms with Gasteiger partial charge in [0.15, 0.2) is 0 Å². The van der Waals surface area contributed by atoms with Gasteiger partial charge in [0.25, 0.3) is 5.91 Å². The number of alkyl halides is 5. The van der Waals surface area contributed by atoms with E-state index in [1.54, 1.807) is 30.3 Å². The van der Waals surface area contributed by atoms with E-state index >= 15 is 0 Å². The van der Waals surface area contributed by atoms with E-state index in [-0.39, 0.29) is 10.7 Å². The van der Waals surface area contributed by atoms with Crippen molar-refractivity contribution in [3.8, 4) is 11.1 Å². The van der Waals surface area contributed by atoms with Gasteiger partial charge in [-0.2, -0.15) is 22.0 Å². The van der Waals surface area contributed by atoms with Crippen LogP contribution in [0.4, 0.5) is 27.6 Å². The maximum Gasteiger partial charge on any atom is 0.458 e. The zero-order chi connectivity index (χ0) is 22.3. The Morgan fingerprint density at radius 3 is 2.27 bits per heavy atom. The van der Waals surface area contributed by atoms with E-state index in [1.165, 1.54) is 19.2 Å². The topological polar surface area (TPSA) is 34.0 Å². The molecule has 30 heavy (non-hydrogen) atoms. The molecule has 0 radical (unpaired) electrons. The summed E-state index contributed by atoms with van der Waals surface area (Å²) in [6.07, 6.45) is -4.36. The minimum atomic E-state index is -5.85. The van der Waals surface area contributed by atoms with Crippen molar-refractivity contribution in [2.45, 2.75) is 12.1 Å². The number of aromatic nitrogens is 1. The van der Waals surface area contributed by atoms with Crippen LogP contribution < -0.4 is 5.32 Å². The lowest BCUT2D eigenvalue weighted by Gasteiger charge is -2.20. The quantitative estimate of drug-likeness (QED) is 0.420. The number of halogens is 7. The van der Waals surface area contributed by atoms with Gasteiger partial charge < -0.3 is 9.88 Å². The van der Waals surface area contributed by atoms with Gasteiger partial charge in [0.2, 0.25) is 0 Å². The molecule has 0 spiro atoms. The molecule has 3 nitrogen and oxygen atoms in total. The van der Waals surface area contributed by atoms with Crippen LogP contribution in [0.15, 0.2) is 54.9 Å². The van der Waals surface area contributed by atoms with Crippen molar-refractivity contribution in [1.29, 1.82) is 0 Å². The van der Waals surface area contributed by atoms with Crippen LogP contribution in [-0.2, 0) is 13.0 Å². The third-order valence-corrected chi connectivity index (χ3v) is 5.04. The first-order valence-corrected chi connectivity index (χ1v) is 9.14. The number of nitrogens with one attached hydrogen (secondary N) is 1. The predicted molar refractivity (Wildman–Crippen MR) is 105 cm³/mol. The van der Waals surface area contributed by atoms with E-state index in [2.05, 4.69) is 5.32 Å². The van der Waals surface area contributed by atoms with E-state index in [1.807, 2.05) is 0 Å². The van der Waals surface area contributed by atoms with Crippen molar-refractivity contribution in [3.05, 3.63) is 76.0 Å². The molecule has 10 heteroatoms. The molecule has 1 N–H and O–H groups in total. The van der Waals surface area contributed by atoms with Crippen molar-refractivity contribution in [1.82, 2.24) is 4.57 Å². The molecule has 0 aliphatic heterocycles. The molecular weight excluding hydrogens is 450 g/mol. The first-order chi connectivity index (χ1) is 13.9. The van der Waals surface area contributed by atoms with Crippen molar-refractivity contribution >= 4 is 34.8 Å². The van der Waals surface area contributed by atoms with Crippen LogP contribution in [-0.4, -0.2) is 16.7 Å². The van der Waals surface area contributed by atoms with Crippen molar-refractivity contribution < 1.29 is 26.7 Å². The molecule has 1 amide bonds. The number of hydrogen-bond donors (Lipinski definition) is 1. The molecule has 158 valence electrons. The van der Waals surface area contributed by atoms with Gasteiger partial charge >= 0.3 is 12.1 Å². The minimum absolute atomic E-state index is 0.200. The van der Waals surface area contributed by atoms with E-state index in [0.717, 1.165) is 10.8 Å². The van der Waals surface area contributed by atoms with Crippen molar-refractivity contribution in [2.75, 3.05) is 5.32 Å². The summed E-state index contributed by atoms with van der Waals surface area (Å²) in [6.45, 7) is 0. The van der Waals surface area contributed by atoms with E-state index in [0.29, 0.717) is 22.3 Å². The number of nitrogens with zero attached hydrogens (tertiary/aromatic N) is 1. The molecule has 0 bridgehead atoms. The average Bonchev–Trinajstić information content (AvgIpc) is 3.06. The van der Waals surface area contributed by atoms with Crippen LogP contribution in [0.25, 0.3) is 11.1 Å². The van der Waals surface area contributed by atoms with Gasteiger partial charge in [0.1, 0.15) is 0 Å². The Kier molecular flexibility index (Phi) is 5.84. The first-order valence-electron chi connectivity index (χ1n) is 8.38. The molecule has 0 aliphatic carbocycles. The second-order valence-corrected chi connectivity index (χ2v) is 7.27. The van der Waals surface area contributed by atoms with E-state index in [4.69, 9.17) is 23.2 Å². The molecule has 0 saturated carbocycles. The summed E-state index contributed by atoms with van der Waals surface area (Å²) >= 11 is 11.9. The molecule has 0 aliphatic rings. The fourth-order valence-corrected chi connectivity index (χ4v) is 3.16. The monoisotopic (exact) mass is 462 g/mol. The molecule has 0 saturated heterocycles. The van der Waals surface area contributed by atoms with Crippen LogP contribution in [0.3, 0.4) is 0 Å². The molecule has 0 fully saturated rings. The SMILES string of the molecule is Cn1cc(C(=O)Nc2ccccc2-c2ccc(Cl)c(Cl)c2)c(C(F)(F)C(F)(F)F)c1. The third kappa shape index (κ3) is 4.15. The summed E-state index contributed by atoms with van der Waals surface area (Å²) in [4.78, 5) is 12.7. The van der Waals surface area contributed by atoms with Crippen LogP contribution in [0, 0.1) is 0 Å². The van der Waals surface area contributed by atoms with Crippen LogP contribution in [0.5, 0.6) is 0 Å². The molecule has 1 aromatic heterocycles. The van der Waals surface area contributed by atoms with Crippen molar-refractivity contribution in [3.63, 3.8) is 0 Å². The number of rotatable bonds is 4. The molecule has 3 rings (SSSR count). The smallest absolute Gasteiger partial charge is 0.356 e. The number of aryl methyl sites for hydroxylation is 1. The lowest BCUT2D eigenvalue weighted by molar-refractivity contribution is -0.289. The van der Waals surface area contributed by atoms with Crippen molar-refractivity contribution in [2.24, 2.45) is 7.05 Å². The fraction of sp³-hybridized carbons (Fsp3) is 0.150. The second-order valence-electron chi connectivity index (χ2n) is 6.45. The Morgan fingerprint density at radius 1 is 0.967 bits per heavy atom. The number of amides is 1. The number of carbonyl (C=O) groups excluding carboxylic acids is 1. The Hall–Kier alpha value is -2.58. The standard InChI is InChI=1S/C20H13Cl2F5N2O/c1-29-9-13(14(10-29)19(23,24)20(25,26)27)18(30)28-17-5-3-2-4-12(17)11-6-7-15(21)16(22)8-11/h2-10H,1H3,(H,28,30). The highest BCUT2D eigenvalue weighted by Crippen LogP contribution is 2.45. The maximum absolute atomic E-state index is 13.9. The Morgan fingerprint density at radius 2 is 1.63 bits per heavy atom.